The maximum absolute atomic E-state index is 8.52. The van der Waals surface area contributed by atoms with E-state index in [0.29, 0.717) is 0 Å². The summed E-state index contributed by atoms with van der Waals surface area (Å²) in [6, 6.07) is 0. The monoisotopic (exact) mass is 239 g/mol. The molecule has 11 heavy (non-hydrogen) atoms. The minimum absolute atomic E-state index is 0. The van der Waals surface area contributed by atoms with Crippen LogP contribution in [-0.2, 0) is 27.5 Å². The predicted octanol–water partition coefficient (Wildman–Crippen LogP) is -1.20. The Kier molecular flexibility index (Phi) is 19.5. The van der Waals surface area contributed by atoms with Crippen LogP contribution >= 0.6 is 0 Å². The smallest absolute Gasteiger partial charge is 0.759 e. The fourth-order valence-corrected chi connectivity index (χ4v) is 0. The molecule has 0 spiro atoms. The number of hydrogen-bond acceptors (Lipinski definition) is 7. The van der Waals surface area contributed by atoms with E-state index >= 15 is 0 Å². The van der Waals surface area contributed by atoms with Crippen molar-refractivity contribution in [3.8, 4) is 0 Å². The van der Waals surface area contributed by atoms with Crippen LogP contribution < -0.4 is 6.15 Å². The van der Waals surface area contributed by atoms with Crippen molar-refractivity contribution >= 4 is 10.4 Å². The molecule has 0 aliphatic heterocycles. The summed E-state index contributed by atoms with van der Waals surface area (Å²) in [4.78, 5) is 8.25. The Balaban J connectivity index is -0.0000000383. The molecule has 0 saturated heterocycles. The van der Waals surface area contributed by atoms with Gasteiger partial charge in [-0.3, -0.25) is 8.42 Å². The van der Waals surface area contributed by atoms with E-state index in [0.717, 1.165) is 0 Å². The molecule has 0 aliphatic rings. The van der Waals surface area contributed by atoms with Gasteiger partial charge in [-0.2, -0.15) is 0 Å². The average molecular weight is 240 g/mol. The van der Waals surface area contributed by atoms with Gasteiger partial charge in [0.1, 0.15) is 0 Å². The van der Waals surface area contributed by atoms with Crippen LogP contribution in [0.5, 0.6) is 0 Å². The van der Waals surface area contributed by atoms with E-state index in [1.54, 1.807) is 0 Å². The fourth-order valence-electron chi connectivity index (χ4n) is 0. The largest absolute Gasteiger partial charge is 2.00 e. The van der Waals surface area contributed by atoms with Crippen molar-refractivity contribution in [1.29, 1.82) is 0 Å². The Labute approximate surface area is 72.1 Å². The minimum Gasteiger partial charge on any atom is -0.759 e. The second kappa shape index (κ2) is 9.55. The van der Waals surface area contributed by atoms with Gasteiger partial charge >= 0.3 is 17.1 Å². The van der Waals surface area contributed by atoms with Crippen molar-refractivity contribution in [2.24, 2.45) is 0 Å². The van der Waals surface area contributed by atoms with Gasteiger partial charge in [0.05, 0.1) is 5.09 Å². The van der Waals surface area contributed by atoms with Crippen LogP contribution in [0.1, 0.15) is 0 Å². The molecular formula is H4CuN2O7S. The van der Waals surface area contributed by atoms with Gasteiger partial charge < -0.3 is 30.6 Å². The SMILES string of the molecule is O=S(=O)([O-])[O-].O=[N+]([O-])[O-].[Cu+2].[NH4+]. The van der Waals surface area contributed by atoms with E-state index < -0.39 is 15.5 Å². The summed E-state index contributed by atoms with van der Waals surface area (Å²) in [6.45, 7) is 0. The van der Waals surface area contributed by atoms with Gasteiger partial charge in [0.15, 0.2) is 0 Å². The summed E-state index contributed by atoms with van der Waals surface area (Å²) < 4.78 is 34.1. The number of nitrogens with zero attached hydrogens (tertiary/aromatic N) is 1. The van der Waals surface area contributed by atoms with Gasteiger partial charge in [0.25, 0.3) is 0 Å². The molecule has 0 unspecified atom stereocenters. The molecule has 0 rings (SSSR count). The van der Waals surface area contributed by atoms with Crippen LogP contribution in [0.15, 0.2) is 0 Å². The Morgan fingerprint density at radius 1 is 1.09 bits per heavy atom. The van der Waals surface area contributed by atoms with Gasteiger partial charge in [0, 0.05) is 10.4 Å². The number of quaternary nitrogens is 1. The molecule has 4 N–H and O–H groups in total. The molecule has 11 heteroatoms. The molecule has 0 aromatic rings. The van der Waals surface area contributed by atoms with Gasteiger partial charge in [-0.15, -0.1) is 0 Å². The Morgan fingerprint density at radius 2 is 1.09 bits per heavy atom. The summed E-state index contributed by atoms with van der Waals surface area (Å²) in [6.07, 6.45) is 0. The third kappa shape index (κ3) is 2680. The normalized spacial score (nSPS) is 7.45. The summed E-state index contributed by atoms with van der Waals surface area (Å²) in [5.74, 6) is 0. The van der Waals surface area contributed by atoms with E-state index in [4.69, 9.17) is 32.8 Å². The predicted molar refractivity (Wildman–Crippen MR) is 26.8 cm³/mol. The van der Waals surface area contributed by atoms with Crippen molar-refractivity contribution < 1.29 is 39.7 Å². The number of hydrogen-bond donors (Lipinski definition) is 1. The molecular weight excluding hydrogens is 236 g/mol. The van der Waals surface area contributed by atoms with E-state index in [1.165, 1.54) is 0 Å². The molecule has 0 aromatic heterocycles. The van der Waals surface area contributed by atoms with Crippen LogP contribution in [0.25, 0.3) is 0 Å². The second-order valence-electron chi connectivity index (χ2n) is 0.632. The second-order valence-corrected chi connectivity index (χ2v) is 1.45. The third-order valence-corrected chi connectivity index (χ3v) is 0. The molecule has 1 radical (unpaired) electrons. The first-order valence-corrected chi connectivity index (χ1v) is 2.55. The van der Waals surface area contributed by atoms with Crippen molar-refractivity contribution in [2.75, 3.05) is 0 Å². The maximum atomic E-state index is 8.52. The van der Waals surface area contributed by atoms with E-state index in [9.17, 15) is 0 Å². The van der Waals surface area contributed by atoms with Crippen molar-refractivity contribution in [1.82, 2.24) is 6.15 Å². The van der Waals surface area contributed by atoms with Crippen molar-refractivity contribution in [2.45, 2.75) is 0 Å². The quantitative estimate of drug-likeness (QED) is 0.181. The average Bonchev–Trinajstić information content (AvgIpc) is 1.19. The molecule has 0 aromatic carbocycles. The standard InChI is InChI=1S/Cu.NO3.H3N.H2O4S/c;2-1(3)4;;1-5(2,3)4/h;;1H3;(H2,1,2,3,4)/q+2;-1;;/p-1. The number of rotatable bonds is 0. The molecule has 0 atom stereocenters. The Hall–Kier alpha value is -0.451. The van der Waals surface area contributed by atoms with Crippen molar-refractivity contribution in [3.05, 3.63) is 15.3 Å². The van der Waals surface area contributed by atoms with Crippen LogP contribution in [0.3, 0.4) is 0 Å². The summed E-state index contributed by atoms with van der Waals surface area (Å²) >= 11 is 0. The topological polar surface area (TPSA) is 183 Å². The first-order chi connectivity index (χ1) is 3.73. The molecule has 0 bridgehead atoms. The van der Waals surface area contributed by atoms with E-state index in [2.05, 4.69) is 0 Å². The van der Waals surface area contributed by atoms with Crippen molar-refractivity contribution in [3.63, 3.8) is 0 Å². The van der Waals surface area contributed by atoms with Crippen LogP contribution in [0.2, 0.25) is 0 Å². The Bertz CT molecular complexity index is 159. The molecule has 0 amide bonds. The zero-order valence-electron chi connectivity index (χ0n) is 5.01. The van der Waals surface area contributed by atoms with Crippen LogP contribution in [-0.4, -0.2) is 22.6 Å². The summed E-state index contributed by atoms with van der Waals surface area (Å²) in [7, 11) is -5.17. The van der Waals surface area contributed by atoms with Gasteiger partial charge in [0.2, 0.25) is 0 Å². The first-order valence-electron chi connectivity index (χ1n) is 1.21. The minimum atomic E-state index is -5.17. The summed E-state index contributed by atoms with van der Waals surface area (Å²) in [5, 5.41) is 14.8. The van der Waals surface area contributed by atoms with Crippen LogP contribution in [0.4, 0.5) is 0 Å². The molecule has 9 nitrogen and oxygen atoms in total. The molecule has 0 aliphatic carbocycles. The zero-order valence-corrected chi connectivity index (χ0v) is 6.77. The van der Waals surface area contributed by atoms with E-state index in [1.807, 2.05) is 0 Å². The van der Waals surface area contributed by atoms with Gasteiger partial charge in [-0.05, 0) is 0 Å². The van der Waals surface area contributed by atoms with Gasteiger partial charge in [-0.1, -0.05) is 0 Å². The first kappa shape index (κ1) is 22.4. The Morgan fingerprint density at radius 3 is 1.09 bits per heavy atom. The molecule has 0 fully saturated rings. The third-order valence-electron chi connectivity index (χ3n) is 0. The van der Waals surface area contributed by atoms with E-state index in [-0.39, 0.29) is 23.2 Å². The molecule has 0 heterocycles. The fraction of sp³-hybridized carbons (Fsp3) is 0. The maximum Gasteiger partial charge on any atom is 2.00 e. The summed E-state index contributed by atoms with van der Waals surface area (Å²) in [5.41, 5.74) is 0. The zero-order chi connectivity index (χ0) is 8.08. The van der Waals surface area contributed by atoms with Crippen LogP contribution in [0, 0.1) is 15.3 Å². The van der Waals surface area contributed by atoms with Gasteiger partial charge in [-0.25, -0.2) is 0 Å². The molecule has 73 valence electrons. The molecule has 0 saturated carbocycles.